The van der Waals surface area contributed by atoms with Gasteiger partial charge in [0.25, 0.3) is 0 Å². The van der Waals surface area contributed by atoms with E-state index in [0.29, 0.717) is 16.6 Å². The van der Waals surface area contributed by atoms with Gasteiger partial charge < -0.3 is 40.1 Å². The molecule has 176 valence electrons. The summed E-state index contributed by atoms with van der Waals surface area (Å²) in [7, 11) is 0. The lowest BCUT2D eigenvalue weighted by molar-refractivity contribution is -0.160. The van der Waals surface area contributed by atoms with Crippen LogP contribution in [0, 0.1) is 23.7 Å². The highest BCUT2D eigenvalue weighted by atomic mass is 16.5. The van der Waals surface area contributed by atoms with Gasteiger partial charge in [-0.2, -0.15) is 5.10 Å². The zero-order valence-corrected chi connectivity index (χ0v) is 17.6. The smallest absolute Gasteiger partial charge is 0.147 e. The molecule has 10 heteroatoms. The number of nitrogens with one attached hydrogen (secondary N) is 1. The molecule has 2 aromatic rings. The minimum atomic E-state index is -1.20. The Morgan fingerprint density at radius 3 is 2.45 bits per heavy atom. The Labute approximate surface area is 189 Å². The summed E-state index contributed by atoms with van der Waals surface area (Å²) in [6.45, 7) is -0.672. The molecule has 0 aliphatic carbocycles. The molecule has 4 rings (SSSR count). The summed E-state index contributed by atoms with van der Waals surface area (Å²) < 4.78 is 11.1. The van der Waals surface area contributed by atoms with Crippen molar-refractivity contribution in [3.8, 4) is 23.7 Å². The number of aliphatic hydroxyl groups is 6. The lowest BCUT2D eigenvalue weighted by atomic mass is 9.97. The van der Waals surface area contributed by atoms with Crippen molar-refractivity contribution in [2.75, 3.05) is 13.2 Å². The lowest BCUT2D eigenvalue weighted by Gasteiger charge is -2.33. The standard InChI is InChI=1S/C23H26N2O8/c26-10-15-7-18(30)23(31)20(32-15)3-1-12-5-13(22-14(6-12)9-24-25-22)2-4-19-16(28)8-17(29)21(11-27)33-19/h5-6,9,15-21,23,26-31H,7-8,10-11H2,(H,24,25)/t15-,16-,17-,18-,19+,20+,21+,23-/m0/s1. The van der Waals surface area contributed by atoms with Crippen molar-refractivity contribution in [2.45, 2.75) is 61.7 Å². The van der Waals surface area contributed by atoms with Gasteiger partial charge in [0, 0.05) is 23.8 Å². The third kappa shape index (κ3) is 5.20. The number of aliphatic hydroxyl groups excluding tert-OH is 6. The van der Waals surface area contributed by atoms with Crippen LogP contribution in [0.25, 0.3) is 10.9 Å². The summed E-state index contributed by atoms with van der Waals surface area (Å²) in [6, 6.07) is 3.47. The van der Waals surface area contributed by atoms with E-state index in [4.69, 9.17) is 9.47 Å². The van der Waals surface area contributed by atoms with Crippen molar-refractivity contribution in [1.82, 2.24) is 10.2 Å². The Kier molecular flexibility index (Phi) is 7.29. The van der Waals surface area contributed by atoms with Crippen molar-refractivity contribution in [1.29, 1.82) is 0 Å². The van der Waals surface area contributed by atoms with Crippen molar-refractivity contribution >= 4 is 10.9 Å². The number of benzene rings is 1. The maximum absolute atomic E-state index is 10.2. The molecule has 8 atom stereocenters. The van der Waals surface area contributed by atoms with Crippen molar-refractivity contribution < 1.29 is 40.1 Å². The van der Waals surface area contributed by atoms with Crippen LogP contribution in [-0.4, -0.2) is 103 Å². The molecule has 7 N–H and O–H groups in total. The number of aromatic amines is 1. The second-order valence-electron chi connectivity index (χ2n) is 8.20. The Balaban J connectivity index is 1.60. The summed E-state index contributed by atoms with van der Waals surface area (Å²) in [5.41, 5.74) is 1.75. The van der Waals surface area contributed by atoms with Gasteiger partial charge in [-0.05, 0) is 12.1 Å². The molecule has 0 radical (unpaired) electrons. The van der Waals surface area contributed by atoms with Gasteiger partial charge in [0.05, 0.1) is 54.9 Å². The zero-order chi connectivity index (χ0) is 23.5. The molecule has 2 aliphatic rings. The van der Waals surface area contributed by atoms with E-state index in [2.05, 4.69) is 33.9 Å². The Bertz CT molecular complexity index is 1100. The first kappa shape index (κ1) is 23.6. The number of H-pyrrole nitrogens is 1. The molecular formula is C23H26N2O8. The highest BCUT2D eigenvalue weighted by Gasteiger charge is 2.36. The van der Waals surface area contributed by atoms with E-state index in [1.165, 1.54) is 0 Å². The average Bonchev–Trinajstić information content (AvgIpc) is 3.28. The fourth-order valence-corrected chi connectivity index (χ4v) is 3.91. The number of rotatable bonds is 2. The van der Waals surface area contributed by atoms with E-state index in [-0.39, 0.29) is 26.1 Å². The highest BCUT2D eigenvalue weighted by molar-refractivity contribution is 5.85. The molecule has 0 saturated carbocycles. The van der Waals surface area contributed by atoms with Crippen molar-refractivity contribution in [2.24, 2.45) is 0 Å². The number of nitrogens with zero attached hydrogens (tertiary/aromatic N) is 1. The van der Waals surface area contributed by atoms with Crippen LogP contribution < -0.4 is 0 Å². The second kappa shape index (κ2) is 10.2. The number of fused-ring (bicyclic) bond motifs is 1. The van der Waals surface area contributed by atoms with E-state index in [1.807, 2.05) is 0 Å². The fraction of sp³-hybridized carbons (Fsp3) is 0.522. The average molecular weight is 458 g/mol. The maximum Gasteiger partial charge on any atom is 0.147 e. The van der Waals surface area contributed by atoms with Crippen molar-refractivity contribution in [3.05, 3.63) is 29.5 Å². The minimum Gasteiger partial charge on any atom is -0.394 e. The van der Waals surface area contributed by atoms with Crippen LogP contribution in [0.4, 0.5) is 0 Å². The topological polar surface area (TPSA) is 169 Å². The van der Waals surface area contributed by atoms with Gasteiger partial charge in [-0.25, -0.2) is 0 Å². The third-order valence-electron chi connectivity index (χ3n) is 5.77. The van der Waals surface area contributed by atoms with Crippen LogP contribution in [-0.2, 0) is 9.47 Å². The maximum atomic E-state index is 10.2. The van der Waals surface area contributed by atoms with Gasteiger partial charge in [-0.15, -0.1) is 0 Å². The molecular weight excluding hydrogens is 432 g/mol. The SMILES string of the molecule is OC[C@@H]1C[C@H](O)[C@H](O)[C@@H](C#Cc2cc(C#C[C@H]3O[C@H](CO)[C@@H](O)C[C@@H]3O)c3[nH]ncc3c2)O1. The first-order valence-electron chi connectivity index (χ1n) is 10.6. The molecule has 2 fully saturated rings. The number of ether oxygens (including phenoxy) is 2. The number of aromatic nitrogens is 2. The van der Waals surface area contributed by atoms with E-state index >= 15 is 0 Å². The molecule has 2 saturated heterocycles. The first-order valence-corrected chi connectivity index (χ1v) is 10.6. The quantitative estimate of drug-likeness (QED) is 0.252. The minimum absolute atomic E-state index is 0.0416. The summed E-state index contributed by atoms with van der Waals surface area (Å²) in [6.07, 6.45) is -5.73. The van der Waals surface area contributed by atoms with Crippen LogP contribution in [0.5, 0.6) is 0 Å². The van der Waals surface area contributed by atoms with E-state index in [0.717, 1.165) is 5.39 Å². The molecule has 3 heterocycles. The normalized spacial score (nSPS) is 34.2. The highest BCUT2D eigenvalue weighted by Crippen LogP contribution is 2.23. The molecule has 0 spiro atoms. The summed E-state index contributed by atoms with van der Waals surface area (Å²) in [5.74, 6) is 11.5. The van der Waals surface area contributed by atoms with E-state index in [9.17, 15) is 30.6 Å². The van der Waals surface area contributed by atoms with Crippen LogP contribution in [0.15, 0.2) is 18.3 Å². The second-order valence-corrected chi connectivity index (χ2v) is 8.20. The zero-order valence-electron chi connectivity index (χ0n) is 17.6. The van der Waals surface area contributed by atoms with Gasteiger partial charge in [0.1, 0.15) is 24.4 Å². The summed E-state index contributed by atoms with van der Waals surface area (Å²) >= 11 is 0. The largest absolute Gasteiger partial charge is 0.394 e. The van der Waals surface area contributed by atoms with E-state index < -0.39 is 48.8 Å². The number of hydrogen-bond donors (Lipinski definition) is 7. The molecule has 10 nitrogen and oxygen atoms in total. The lowest BCUT2D eigenvalue weighted by Crippen LogP contribution is -2.48. The van der Waals surface area contributed by atoms with Gasteiger partial charge in [0.2, 0.25) is 0 Å². The monoisotopic (exact) mass is 458 g/mol. The van der Waals surface area contributed by atoms with Gasteiger partial charge in [0.15, 0.2) is 0 Å². The predicted octanol–water partition coefficient (Wildman–Crippen LogP) is -1.99. The number of hydrogen-bond acceptors (Lipinski definition) is 9. The van der Waals surface area contributed by atoms with E-state index in [1.54, 1.807) is 18.3 Å². The van der Waals surface area contributed by atoms with Crippen LogP contribution >= 0.6 is 0 Å². The molecule has 1 aromatic carbocycles. The molecule has 0 amide bonds. The molecule has 1 aromatic heterocycles. The predicted molar refractivity (Wildman–Crippen MR) is 115 cm³/mol. The van der Waals surface area contributed by atoms with Crippen LogP contribution in [0.1, 0.15) is 24.0 Å². The molecule has 0 bridgehead atoms. The summed E-state index contributed by atoms with van der Waals surface area (Å²) in [4.78, 5) is 0. The first-order chi connectivity index (χ1) is 15.9. The van der Waals surface area contributed by atoms with Crippen LogP contribution in [0.3, 0.4) is 0 Å². The Hall–Kier alpha value is -2.51. The fourth-order valence-electron chi connectivity index (χ4n) is 3.91. The summed E-state index contributed by atoms with van der Waals surface area (Å²) in [5, 5.41) is 66.4. The van der Waals surface area contributed by atoms with Gasteiger partial charge in [-0.3, -0.25) is 5.10 Å². The van der Waals surface area contributed by atoms with Gasteiger partial charge in [-0.1, -0.05) is 23.7 Å². The Morgan fingerprint density at radius 2 is 1.70 bits per heavy atom. The molecule has 2 aliphatic heterocycles. The van der Waals surface area contributed by atoms with Crippen LogP contribution in [0.2, 0.25) is 0 Å². The molecule has 33 heavy (non-hydrogen) atoms. The third-order valence-corrected chi connectivity index (χ3v) is 5.77. The van der Waals surface area contributed by atoms with Crippen molar-refractivity contribution in [3.63, 3.8) is 0 Å². The van der Waals surface area contributed by atoms with Gasteiger partial charge >= 0.3 is 0 Å². The Morgan fingerprint density at radius 1 is 0.909 bits per heavy atom. The molecule has 0 unspecified atom stereocenters.